The third-order valence-corrected chi connectivity index (χ3v) is 5.53. The first-order valence-corrected chi connectivity index (χ1v) is 10.1. The smallest absolute Gasteiger partial charge is 0.119 e. The molecule has 1 fully saturated rings. The fourth-order valence-electron chi connectivity index (χ4n) is 3.45. The minimum Gasteiger partial charge on any atom is -0.491 e. The topological polar surface area (TPSA) is 109 Å². The first kappa shape index (κ1) is 23.0. The Bertz CT molecular complexity index is 812. The molecule has 0 aromatic heterocycles. The molecule has 164 valence electrons. The maximum Gasteiger partial charge on any atom is 0.119 e. The van der Waals surface area contributed by atoms with E-state index in [0.717, 1.165) is 16.9 Å². The van der Waals surface area contributed by atoms with Crippen molar-refractivity contribution in [2.45, 2.75) is 36.9 Å². The van der Waals surface area contributed by atoms with Gasteiger partial charge in [-0.3, -0.25) is 0 Å². The van der Waals surface area contributed by atoms with E-state index in [1.54, 1.807) is 25.3 Å². The Balaban J connectivity index is 1.75. The lowest BCUT2D eigenvalue weighted by Gasteiger charge is -2.40. The van der Waals surface area contributed by atoms with Crippen LogP contribution >= 0.6 is 11.6 Å². The molecule has 0 radical (unpaired) electrons. The third kappa shape index (κ3) is 5.31. The molecular weight excluding hydrogens is 412 g/mol. The minimum atomic E-state index is -1.43. The van der Waals surface area contributed by atoms with Gasteiger partial charge in [-0.2, -0.15) is 0 Å². The van der Waals surface area contributed by atoms with Gasteiger partial charge < -0.3 is 34.6 Å². The normalized spacial score (nSPS) is 26.5. The summed E-state index contributed by atoms with van der Waals surface area (Å²) in [5.41, 5.74) is 2.44. The summed E-state index contributed by atoms with van der Waals surface area (Å²) in [6.07, 6.45) is -5.46. The molecule has 0 bridgehead atoms. The number of ether oxygens (including phenoxy) is 3. The van der Waals surface area contributed by atoms with Crippen LogP contribution in [0, 0.1) is 0 Å². The highest BCUT2D eigenvalue weighted by molar-refractivity contribution is 6.31. The number of halogens is 1. The first-order chi connectivity index (χ1) is 14.4. The molecule has 5 atom stereocenters. The molecule has 2 aromatic carbocycles. The number of rotatable bonds is 8. The van der Waals surface area contributed by atoms with Gasteiger partial charge in [-0.15, -0.1) is 0 Å². The fourth-order valence-corrected chi connectivity index (χ4v) is 3.63. The molecule has 0 unspecified atom stereocenters. The van der Waals surface area contributed by atoms with Crippen molar-refractivity contribution in [2.75, 3.05) is 26.9 Å². The third-order valence-electron chi connectivity index (χ3n) is 5.16. The molecule has 1 heterocycles. The Kier molecular flexibility index (Phi) is 8.07. The van der Waals surface area contributed by atoms with Crippen molar-refractivity contribution < 1.29 is 34.6 Å². The van der Waals surface area contributed by atoms with Crippen molar-refractivity contribution in [3.05, 3.63) is 64.2 Å². The predicted molar refractivity (Wildman–Crippen MR) is 111 cm³/mol. The van der Waals surface area contributed by atoms with E-state index in [1.807, 2.05) is 24.3 Å². The number of methoxy groups -OCH3 is 1. The molecule has 4 N–H and O–H groups in total. The van der Waals surface area contributed by atoms with E-state index >= 15 is 0 Å². The van der Waals surface area contributed by atoms with E-state index in [2.05, 4.69) is 0 Å². The second-order valence-electron chi connectivity index (χ2n) is 7.26. The fraction of sp³-hybridized carbons (Fsp3) is 0.455. The van der Waals surface area contributed by atoms with Crippen LogP contribution in [0.1, 0.15) is 22.8 Å². The zero-order chi connectivity index (χ0) is 21.7. The van der Waals surface area contributed by atoms with Gasteiger partial charge >= 0.3 is 0 Å². The van der Waals surface area contributed by atoms with Gasteiger partial charge in [0.2, 0.25) is 0 Å². The largest absolute Gasteiger partial charge is 0.491 e. The molecule has 3 rings (SSSR count). The Hall–Kier alpha value is -1.71. The molecule has 0 amide bonds. The summed E-state index contributed by atoms with van der Waals surface area (Å²) in [6, 6.07) is 12.8. The summed E-state index contributed by atoms with van der Waals surface area (Å²) >= 11 is 6.37. The molecule has 0 spiro atoms. The van der Waals surface area contributed by atoms with E-state index in [-0.39, 0.29) is 0 Å². The lowest BCUT2D eigenvalue weighted by molar-refractivity contribution is -0.231. The Labute approximate surface area is 180 Å². The van der Waals surface area contributed by atoms with Crippen molar-refractivity contribution in [1.29, 1.82) is 0 Å². The summed E-state index contributed by atoms with van der Waals surface area (Å²) < 4.78 is 16.2. The highest BCUT2D eigenvalue weighted by atomic mass is 35.5. The molecule has 1 aliphatic heterocycles. The van der Waals surface area contributed by atoms with Crippen LogP contribution in [-0.2, 0) is 15.9 Å². The quantitative estimate of drug-likeness (QED) is 0.462. The van der Waals surface area contributed by atoms with Crippen LogP contribution in [0.2, 0.25) is 5.02 Å². The SMILES string of the molecule is COCCOc1ccc(Cc2cc([C@H]3O[C@H](CO)[C@@H](O)[C@H](O)[C@H]3O)ccc2Cl)cc1. The zero-order valence-electron chi connectivity index (χ0n) is 16.6. The maximum absolute atomic E-state index is 10.4. The maximum atomic E-state index is 10.4. The van der Waals surface area contributed by atoms with Crippen LogP contribution in [0.5, 0.6) is 5.75 Å². The van der Waals surface area contributed by atoms with Gasteiger partial charge in [-0.25, -0.2) is 0 Å². The first-order valence-electron chi connectivity index (χ1n) is 9.74. The highest BCUT2D eigenvalue weighted by Crippen LogP contribution is 2.34. The molecular formula is C22H27ClO7. The number of aliphatic hydroxyl groups excluding tert-OH is 4. The zero-order valence-corrected chi connectivity index (χ0v) is 17.4. The van der Waals surface area contributed by atoms with Crippen molar-refractivity contribution >= 4 is 11.6 Å². The summed E-state index contributed by atoms with van der Waals surface area (Å²) in [7, 11) is 1.62. The molecule has 30 heavy (non-hydrogen) atoms. The van der Waals surface area contributed by atoms with Gasteiger partial charge in [0.15, 0.2) is 0 Å². The van der Waals surface area contributed by atoms with E-state index in [9.17, 15) is 20.4 Å². The number of hydrogen-bond donors (Lipinski definition) is 4. The van der Waals surface area contributed by atoms with Crippen molar-refractivity contribution in [1.82, 2.24) is 0 Å². The van der Waals surface area contributed by atoms with Crippen LogP contribution in [0.3, 0.4) is 0 Å². The lowest BCUT2D eigenvalue weighted by atomic mass is 9.90. The van der Waals surface area contributed by atoms with E-state index in [1.165, 1.54) is 0 Å². The van der Waals surface area contributed by atoms with Crippen LogP contribution in [0.25, 0.3) is 0 Å². The lowest BCUT2D eigenvalue weighted by Crippen LogP contribution is -2.55. The van der Waals surface area contributed by atoms with Crippen LogP contribution in [0.4, 0.5) is 0 Å². The van der Waals surface area contributed by atoms with Crippen molar-refractivity contribution in [3.8, 4) is 5.75 Å². The Morgan fingerprint density at radius 2 is 1.70 bits per heavy atom. The van der Waals surface area contributed by atoms with Gasteiger partial charge in [-0.05, 0) is 41.3 Å². The van der Waals surface area contributed by atoms with Gasteiger partial charge in [-0.1, -0.05) is 35.9 Å². The monoisotopic (exact) mass is 438 g/mol. The Morgan fingerprint density at radius 1 is 0.967 bits per heavy atom. The van der Waals surface area contributed by atoms with Gasteiger partial charge in [0.1, 0.15) is 42.9 Å². The number of aliphatic hydroxyl groups is 4. The van der Waals surface area contributed by atoms with Gasteiger partial charge in [0.25, 0.3) is 0 Å². The molecule has 7 nitrogen and oxygen atoms in total. The van der Waals surface area contributed by atoms with E-state index in [4.69, 9.17) is 25.8 Å². The predicted octanol–water partition coefficient (Wildman–Crippen LogP) is 1.47. The second kappa shape index (κ2) is 10.5. The molecule has 1 aliphatic rings. The highest BCUT2D eigenvalue weighted by Gasteiger charge is 2.43. The van der Waals surface area contributed by atoms with Crippen LogP contribution in [-0.4, -0.2) is 71.8 Å². The van der Waals surface area contributed by atoms with Gasteiger partial charge in [0.05, 0.1) is 13.2 Å². The molecule has 8 heteroatoms. The van der Waals surface area contributed by atoms with Crippen molar-refractivity contribution in [3.63, 3.8) is 0 Å². The van der Waals surface area contributed by atoms with Gasteiger partial charge in [0, 0.05) is 12.1 Å². The van der Waals surface area contributed by atoms with E-state index in [0.29, 0.717) is 30.2 Å². The average Bonchev–Trinajstić information content (AvgIpc) is 2.75. The molecule has 1 saturated heterocycles. The van der Waals surface area contributed by atoms with Crippen LogP contribution in [0.15, 0.2) is 42.5 Å². The second-order valence-corrected chi connectivity index (χ2v) is 7.67. The van der Waals surface area contributed by atoms with Crippen LogP contribution < -0.4 is 4.74 Å². The summed E-state index contributed by atoms with van der Waals surface area (Å²) in [5, 5.41) is 40.4. The summed E-state index contributed by atoms with van der Waals surface area (Å²) in [4.78, 5) is 0. The van der Waals surface area contributed by atoms with E-state index < -0.39 is 37.1 Å². The minimum absolute atomic E-state index is 0.472. The number of hydrogen-bond acceptors (Lipinski definition) is 7. The number of benzene rings is 2. The molecule has 0 aliphatic carbocycles. The molecule has 0 saturated carbocycles. The standard InChI is InChI=1S/C22H27ClO7/c1-28-8-9-29-16-5-2-13(3-6-16)10-15-11-14(4-7-17(15)23)22-21(27)20(26)19(25)18(12-24)30-22/h2-7,11,18-22,24-27H,8-10,12H2,1H3/t18-,19-,20+,21-,22-/m1/s1. The Morgan fingerprint density at radius 3 is 2.37 bits per heavy atom. The van der Waals surface area contributed by atoms with Crippen molar-refractivity contribution in [2.24, 2.45) is 0 Å². The summed E-state index contributed by atoms with van der Waals surface area (Å²) in [5.74, 6) is 0.747. The average molecular weight is 439 g/mol. The molecule has 2 aromatic rings. The summed E-state index contributed by atoms with van der Waals surface area (Å²) in [6.45, 7) is 0.519.